The summed E-state index contributed by atoms with van der Waals surface area (Å²) in [5.74, 6) is 0. The number of fused-ring (bicyclic) bond motifs is 6. The molecule has 386 valence electrons. The van der Waals surface area contributed by atoms with Gasteiger partial charge in [0.1, 0.15) is 61.0 Å². The second kappa shape index (κ2) is 25.5. The molecule has 5 rings (SSSR count). The summed E-state index contributed by atoms with van der Waals surface area (Å²) in [6, 6.07) is -2.11. The van der Waals surface area contributed by atoms with E-state index in [9.17, 15) is 49.2 Å². The van der Waals surface area contributed by atoms with Crippen molar-refractivity contribution in [3.8, 4) is 0 Å². The highest BCUT2D eigenvalue weighted by Crippen LogP contribution is 2.37. The van der Waals surface area contributed by atoms with Crippen molar-refractivity contribution >= 4 is 36.2 Å². The van der Waals surface area contributed by atoms with Crippen LogP contribution in [0.5, 0.6) is 0 Å². The van der Waals surface area contributed by atoms with Gasteiger partial charge in [-0.15, -0.1) is 0 Å². The molecule has 0 aromatic heterocycles. The third-order valence-corrected chi connectivity index (χ3v) is 18.2. The number of rotatable bonds is 8. The van der Waals surface area contributed by atoms with Gasteiger partial charge >= 0.3 is 36.2 Å². The summed E-state index contributed by atoms with van der Waals surface area (Å²) < 4.78 is 81.1. The monoisotopic (exact) mass is 1030 g/mol. The van der Waals surface area contributed by atoms with Crippen LogP contribution in [0, 0.1) is 0 Å². The molecule has 0 amide bonds. The van der Waals surface area contributed by atoms with Gasteiger partial charge in [-0.2, -0.15) is 0 Å². The summed E-state index contributed by atoms with van der Waals surface area (Å²) in [6.07, 6.45) is -26.0. The quantitative estimate of drug-likeness (QED) is 0.0826. The lowest BCUT2D eigenvalue weighted by atomic mass is 9.95. The summed E-state index contributed by atoms with van der Waals surface area (Å²) in [5.41, 5.74) is 0. The molecule has 0 unspecified atom stereocenters. The maximum atomic E-state index is 11.8. The number of hydrogen-bond donors (Lipinski definition) is 10. The summed E-state index contributed by atoms with van der Waals surface area (Å²) >= 11 is 0. The largest absolute Gasteiger partial charge is 0.495 e. The standard InChI is InChI=1S/C36H70O26Si4/c1-9-17-25(47-5)21(37)30-35(53-17)55-27-19(11-3)51-33(49-7)29(23(27)39)57-61-63(41)14-16-66(45,46)60-32-22(38)26(48-6)18(10-2)54-36(32)56-28-20(12-4)52-34(50-8)31(24(28)40)59-65(43,44)15-13-64(42)62-58-30/h17-46H,9-16H2,1-8H3/t17-,18-,19-,20-,21-,22-,23-,24-,25+,26+,27+,28+,29+,30+,31+,32+,33+,34+,35-,36-/m1/s1. The number of aliphatic hydroxyl groups is 4. The van der Waals surface area contributed by atoms with Crippen molar-refractivity contribution in [2.24, 2.45) is 0 Å². The van der Waals surface area contributed by atoms with Crippen LogP contribution in [0.15, 0.2) is 0 Å². The lowest BCUT2D eigenvalue weighted by Crippen LogP contribution is -2.67. The van der Waals surface area contributed by atoms with Crippen molar-refractivity contribution in [1.29, 1.82) is 0 Å². The second-order valence-electron chi connectivity index (χ2n) is 16.6. The first-order chi connectivity index (χ1) is 31.3. The van der Waals surface area contributed by atoms with E-state index in [0.717, 1.165) is 0 Å². The SMILES string of the molecule is CC[C@H]1O[C@@H]2O[C@@H]3[C@@H](O)[C@H](OO[Si](O)CC[Si](O)(O)O[C@@H]4[C@@H](O[C@@H]5[C@@H](O)[C@H](O[Si](O)(O)CC[Si](O)OO[C@H]2[C@H](O)[C@H]1OC)[C@@H](OC)O[C@@H]5CC)O[C@H](CC)[C@H](OC)[C@H]4O)[C@@H](OC)O[C@@H]3CC. The minimum absolute atomic E-state index is 0.190. The molecule has 26 nitrogen and oxygen atoms in total. The molecule has 2 radical (unpaired) electrons. The van der Waals surface area contributed by atoms with Crippen LogP contribution >= 0.6 is 0 Å². The molecule has 0 aromatic rings. The fourth-order valence-electron chi connectivity index (χ4n) is 8.57. The van der Waals surface area contributed by atoms with Crippen LogP contribution in [0.1, 0.15) is 53.4 Å². The number of ether oxygens (including phenoxy) is 10. The number of aliphatic hydroxyl groups excluding tert-OH is 4. The first-order valence-electron chi connectivity index (χ1n) is 22.1. The molecule has 66 heavy (non-hydrogen) atoms. The van der Waals surface area contributed by atoms with Crippen molar-refractivity contribution < 1.29 is 124 Å². The van der Waals surface area contributed by atoms with Gasteiger partial charge in [0, 0.05) is 40.5 Å². The zero-order chi connectivity index (χ0) is 48.7. The molecule has 5 aliphatic rings. The van der Waals surface area contributed by atoms with E-state index in [4.69, 9.17) is 75.1 Å². The van der Waals surface area contributed by atoms with Gasteiger partial charge in [-0.1, -0.05) is 27.7 Å². The fraction of sp³-hybridized carbons (Fsp3) is 1.00. The molecule has 5 fully saturated rings. The third-order valence-electron chi connectivity index (χ3n) is 12.2. The van der Waals surface area contributed by atoms with E-state index >= 15 is 0 Å². The fourth-order valence-corrected chi connectivity index (χ4v) is 15.1. The molecule has 0 aliphatic carbocycles. The Kier molecular flexibility index (Phi) is 21.9. The molecule has 5 heterocycles. The van der Waals surface area contributed by atoms with Crippen molar-refractivity contribution in [3.63, 3.8) is 0 Å². The van der Waals surface area contributed by atoms with Crippen LogP contribution < -0.4 is 0 Å². The minimum Gasteiger partial charge on any atom is -0.408 e. The molecule has 5 saturated heterocycles. The average Bonchev–Trinajstić information content (AvgIpc) is 3.29. The van der Waals surface area contributed by atoms with Crippen LogP contribution in [0.4, 0.5) is 0 Å². The van der Waals surface area contributed by atoms with E-state index < -0.39 is 183 Å². The Hall–Kier alpha value is -0.172. The van der Waals surface area contributed by atoms with Crippen LogP contribution in [0.2, 0.25) is 24.2 Å². The van der Waals surface area contributed by atoms with Gasteiger partial charge < -0.3 is 105 Å². The topological polar surface area (TPSA) is 350 Å². The van der Waals surface area contributed by atoms with E-state index in [-0.39, 0.29) is 19.3 Å². The van der Waals surface area contributed by atoms with E-state index in [1.54, 1.807) is 27.7 Å². The smallest absolute Gasteiger partial charge is 0.408 e. The predicted octanol–water partition coefficient (Wildman–Crippen LogP) is -3.71. The van der Waals surface area contributed by atoms with Crippen LogP contribution in [-0.2, 0) is 75.1 Å². The molecule has 30 heteroatoms. The Bertz CT molecular complexity index is 1440. The predicted molar refractivity (Wildman–Crippen MR) is 222 cm³/mol. The molecule has 0 aromatic carbocycles. The lowest BCUT2D eigenvalue weighted by Gasteiger charge is -2.49. The summed E-state index contributed by atoms with van der Waals surface area (Å²) in [4.78, 5) is 78.1. The zero-order valence-electron chi connectivity index (χ0n) is 38.2. The molecular weight excluding hydrogens is 961 g/mol. The summed E-state index contributed by atoms with van der Waals surface area (Å²) in [7, 11) is -10.8. The Balaban J connectivity index is 1.48. The van der Waals surface area contributed by atoms with Crippen molar-refractivity contribution in [2.45, 2.75) is 200 Å². The van der Waals surface area contributed by atoms with Crippen LogP contribution in [0.3, 0.4) is 0 Å². The van der Waals surface area contributed by atoms with Crippen molar-refractivity contribution in [3.05, 3.63) is 0 Å². The molecule has 0 saturated carbocycles. The van der Waals surface area contributed by atoms with E-state index in [1.807, 2.05) is 0 Å². The highest BCUT2D eigenvalue weighted by molar-refractivity contribution is 6.60. The minimum atomic E-state index is -4.92. The maximum Gasteiger partial charge on any atom is 0.495 e. The van der Waals surface area contributed by atoms with Gasteiger partial charge in [0.25, 0.3) is 0 Å². The Morgan fingerprint density at radius 3 is 1.26 bits per heavy atom. The molecule has 5 aliphatic heterocycles. The van der Waals surface area contributed by atoms with Crippen LogP contribution in [0.25, 0.3) is 0 Å². The molecule has 20 atom stereocenters. The second-order valence-corrected chi connectivity index (χ2v) is 23.9. The highest BCUT2D eigenvalue weighted by atomic mass is 28.4. The van der Waals surface area contributed by atoms with Crippen molar-refractivity contribution in [2.75, 3.05) is 28.4 Å². The Morgan fingerprint density at radius 2 is 0.833 bits per heavy atom. The Morgan fingerprint density at radius 1 is 0.455 bits per heavy atom. The third kappa shape index (κ3) is 13.7. The molecule has 0 spiro atoms. The number of methoxy groups -OCH3 is 4. The van der Waals surface area contributed by atoms with E-state index in [2.05, 4.69) is 0 Å². The maximum absolute atomic E-state index is 11.8. The van der Waals surface area contributed by atoms with Gasteiger partial charge in [0.2, 0.25) is 0 Å². The normalized spacial score (nSPS) is 45.4. The zero-order valence-corrected chi connectivity index (χ0v) is 42.2. The summed E-state index contributed by atoms with van der Waals surface area (Å²) in [6.45, 7) is 6.95. The lowest BCUT2D eigenvalue weighted by molar-refractivity contribution is -0.413. The Labute approximate surface area is 388 Å². The first kappa shape index (κ1) is 56.7. The van der Waals surface area contributed by atoms with Gasteiger partial charge in [-0.05, 0) is 37.8 Å². The molecule has 4 bridgehead atoms. The van der Waals surface area contributed by atoms with E-state index in [1.165, 1.54) is 28.4 Å². The van der Waals surface area contributed by atoms with E-state index in [0.29, 0.717) is 6.42 Å². The average molecular weight is 1030 g/mol. The summed E-state index contributed by atoms with van der Waals surface area (Å²) in [5, 5.41) is 46.7. The van der Waals surface area contributed by atoms with Gasteiger partial charge in [0.15, 0.2) is 37.4 Å². The molecular formula is C36H70O26Si4. The van der Waals surface area contributed by atoms with Gasteiger partial charge in [-0.25, -0.2) is 18.9 Å². The van der Waals surface area contributed by atoms with Crippen LogP contribution in [-0.4, -0.2) is 237 Å². The highest BCUT2D eigenvalue weighted by Gasteiger charge is 2.57. The number of hydrogen-bond acceptors (Lipinski definition) is 26. The van der Waals surface area contributed by atoms with Gasteiger partial charge in [-0.3, -0.25) is 0 Å². The van der Waals surface area contributed by atoms with Gasteiger partial charge in [0.05, 0.1) is 24.4 Å². The first-order valence-corrected chi connectivity index (χ1v) is 29.2. The molecule has 10 N–H and O–H groups in total. The van der Waals surface area contributed by atoms with Crippen molar-refractivity contribution in [1.82, 2.24) is 0 Å².